The minimum absolute atomic E-state index is 0.0511. The molecule has 2 N–H and O–H groups in total. The Bertz CT molecular complexity index is 959. The van der Waals surface area contributed by atoms with Crippen LogP contribution in [0.15, 0.2) is 12.3 Å². The number of aliphatic hydroxyl groups excluding tert-OH is 1. The van der Waals surface area contributed by atoms with Crippen LogP contribution in [0.1, 0.15) is 60.2 Å². The third kappa shape index (κ3) is 3.82. The maximum absolute atomic E-state index is 12.2. The van der Waals surface area contributed by atoms with Gasteiger partial charge in [-0.05, 0) is 37.8 Å². The summed E-state index contributed by atoms with van der Waals surface area (Å²) in [6, 6.07) is 2.16. The number of nitrogens with zero attached hydrogens (tertiary/aromatic N) is 4. The van der Waals surface area contributed by atoms with E-state index < -0.39 is 0 Å². The van der Waals surface area contributed by atoms with E-state index in [1.54, 1.807) is 4.68 Å². The van der Waals surface area contributed by atoms with Gasteiger partial charge in [0.05, 0.1) is 36.7 Å². The summed E-state index contributed by atoms with van der Waals surface area (Å²) in [6.45, 7) is 6.92. The molecular formula is C22H31N5O3S. The van der Waals surface area contributed by atoms with Crippen LogP contribution in [-0.4, -0.2) is 62.7 Å². The Morgan fingerprint density at radius 1 is 1.45 bits per heavy atom. The van der Waals surface area contributed by atoms with Gasteiger partial charge in [-0.25, -0.2) is 4.68 Å². The molecule has 2 aromatic rings. The summed E-state index contributed by atoms with van der Waals surface area (Å²) < 4.78 is 8.09. The Hall–Kier alpha value is -1.81. The van der Waals surface area contributed by atoms with E-state index in [0.29, 0.717) is 19.0 Å². The van der Waals surface area contributed by atoms with Crippen molar-refractivity contribution >= 4 is 17.2 Å². The maximum atomic E-state index is 12.2. The molecule has 1 amide bonds. The number of hydrogen-bond acceptors (Lipinski definition) is 7. The first kappa shape index (κ1) is 21.1. The minimum atomic E-state index is -0.388. The number of aromatic nitrogens is 3. The second kappa shape index (κ2) is 8.27. The van der Waals surface area contributed by atoms with Crippen LogP contribution in [0.4, 0.5) is 0 Å². The highest BCUT2D eigenvalue weighted by molar-refractivity contribution is 7.12. The summed E-state index contributed by atoms with van der Waals surface area (Å²) in [6.07, 6.45) is 6.51. The highest BCUT2D eigenvalue weighted by Crippen LogP contribution is 2.46. The maximum Gasteiger partial charge on any atom is 0.245 e. The number of carbonyl (C=O) groups excluding carboxylic acids is 1. The van der Waals surface area contributed by atoms with Crippen molar-refractivity contribution in [2.45, 2.75) is 76.2 Å². The number of aryl methyl sites for hydroxylation is 1. The van der Waals surface area contributed by atoms with Crippen LogP contribution in [0.2, 0.25) is 0 Å². The molecule has 0 saturated carbocycles. The van der Waals surface area contributed by atoms with Gasteiger partial charge >= 0.3 is 0 Å². The molecule has 3 aliphatic heterocycles. The molecule has 9 heteroatoms. The normalized spacial score (nSPS) is 31.2. The summed E-state index contributed by atoms with van der Waals surface area (Å²) in [7, 11) is 0. The molecule has 2 aromatic heterocycles. The minimum Gasteiger partial charge on any atom is -0.394 e. The standard InChI is InChI=1S/C22H31N5O3S/c1-3-17-9-18-20(31-17)4-7-30-22(18)5-6-26(14(2)10-22)11-16-12-27(25-24-16)19-8-15(13-28)23-21(19)29/h9,12,14-15,19,28H,3-8,10-11,13H2,1-2H3,(H,23,29)/t14-,15+,19?,22+/m0/s1. The lowest BCUT2D eigenvalue weighted by molar-refractivity contribution is -0.122. The molecule has 1 spiro atoms. The molecule has 31 heavy (non-hydrogen) atoms. The number of piperidine rings is 1. The van der Waals surface area contributed by atoms with E-state index >= 15 is 0 Å². The Morgan fingerprint density at radius 3 is 3.06 bits per heavy atom. The number of nitrogens with one attached hydrogen (secondary N) is 1. The van der Waals surface area contributed by atoms with E-state index in [1.807, 2.05) is 17.5 Å². The molecule has 4 atom stereocenters. The van der Waals surface area contributed by atoms with Gasteiger partial charge in [-0.3, -0.25) is 9.69 Å². The molecule has 0 aliphatic carbocycles. The van der Waals surface area contributed by atoms with Crippen molar-refractivity contribution in [3.05, 3.63) is 33.3 Å². The van der Waals surface area contributed by atoms with Crippen molar-refractivity contribution in [1.82, 2.24) is 25.2 Å². The predicted octanol–water partition coefficient (Wildman–Crippen LogP) is 1.78. The average Bonchev–Trinajstić information content (AvgIpc) is 3.48. The van der Waals surface area contributed by atoms with E-state index in [1.165, 1.54) is 15.3 Å². The number of hydrogen-bond donors (Lipinski definition) is 2. The first-order chi connectivity index (χ1) is 15.0. The molecule has 0 radical (unpaired) electrons. The third-order valence-electron chi connectivity index (χ3n) is 7.08. The van der Waals surface area contributed by atoms with Crippen molar-refractivity contribution in [2.24, 2.45) is 0 Å². The number of ether oxygens (including phenoxy) is 1. The molecule has 2 saturated heterocycles. The molecule has 2 fully saturated rings. The van der Waals surface area contributed by atoms with E-state index in [0.717, 1.165) is 44.5 Å². The van der Waals surface area contributed by atoms with Gasteiger partial charge in [0, 0.05) is 41.7 Å². The van der Waals surface area contributed by atoms with E-state index in [-0.39, 0.29) is 30.2 Å². The van der Waals surface area contributed by atoms with Crippen molar-refractivity contribution in [2.75, 3.05) is 19.8 Å². The lowest BCUT2D eigenvalue weighted by atomic mass is 9.79. The van der Waals surface area contributed by atoms with Gasteiger partial charge < -0.3 is 15.2 Å². The van der Waals surface area contributed by atoms with Gasteiger partial charge in [-0.1, -0.05) is 12.1 Å². The lowest BCUT2D eigenvalue weighted by Gasteiger charge is -2.47. The summed E-state index contributed by atoms with van der Waals surface area (Å²) in [4.78, 5) is 17.6. The molecule has 168 valence electrons. The zero-order valence-corrected chi connectivity index (χ0v) is 19.0. The number of likely N-dealkylation sites (tertiary alicyclic amines) is 1. The van der Waals surface area contributed by atoms with Crippen molar-refractivity contribution in [3.63, 3.8) is 0 Å². The summed E-state index contributed by atoms with van der Waals surface area (Å²) in [5.74, 6) is -0.101. The van der Waals surface area contributed by atoms with Gasteiger partial charge in [0.1, 0.15) is 6.04 Å². The summed E-state index contributed by atoms with van der Waals surface area (Å²) >= 11 is 1.96. The Morgan fingerprint density at radius 2 is 2.32 bits per heavy atom. The zero-order chi connectivity index (χ0) is 21.6. The second-order valence-corrected chi connectivity index (χ2v) is 10.3. The Balaban J connectivity index is 1.26. The smallest absolute Gasteiger partial charge is 0.245 e. The van der Waals surface area contributed by atoms with Crippen molar-refractivity contribution in [1.29, 1.82) is 0 Å². The van der Waals surface area contributed by atoms with Crippen LogP contribution < -0.4 is 5.32 Å². The van der Waals surface area contributed by atoms with Crippen LogP contribution in [-0.2, 0) is 34.5 Å². The van der Waals surface area contributed by atoms with E-state index in [9.17, 15) is 9.90 Å². The van der Waals surface area contributed by atoms with Gasteiger partial charge in [0.15, 0.2) is 0 Å². The molecule has 8 nitrogen and oxygen atoms in total. The third-order valence-corrected chi connectivity index (χ3v) is 8.42. The number of carbonyl (C=O) groups is 1. The monoisotopic (exact) mass is 445 g/mol. The topological polar surface area (TPSA) is 92.5 Å². The number of thiophene rings is 1. The van der Waals surface area contributed by atoms with Gasteiger partial charge in [0.2, 0.25) is 5.91 Å². The zero-order valence-electron chi connectivity index (χ0n) is 18.2. The number of aliphatic hydroxyl groups is 1. The van der Waals surface area contributed by atoms with Gasteiger partial charge in [-0.15, -0.1) is 16.4 Å². The fourth-order valence-corrected chi connectivity index (χ4v) is 6.52. The van der Waals surface area contributed by atoms with Crippen molar-refractivity contribution < 1.29 is 14.6 Å². The summed E-state index contributed by atoms with van der Waals surface area (Å²) in [5.41, 5.74) is 2.16. The SMILES string of the molecule is CCc1cc2c(s1)CCO[C@@]21CCN(Cc2cn(C3C[C@H](CO)NC3=O)nn2)[C@@H](C)C1. The number of rotatable bonds is 5. The summed E-state index contributed by atoms with van der Waals surface area (Å²) in [5, 5.41) is 20.6. The Kier molecular flexibility index (Phi) is 5.62. The fraction of sp³-hybridized carbons (Fsp3) is 0.682. The first-order valence-electron chi connectivity index (χ1n) is 11.3. The average molecular weight is 446 g/mol. The largest absolute Gasteiger partial charge is 0.394 e. The molecule has 5 heterocycles. The predicted molar refractivity (Wildman–Crippen MR) is 117 cm³/mol. The molecule has 5 rings (SSSR count). The van der Waals surface area contributed by atoms with Crippen molar-refractivity contribution in [3.8, 4) is 0 Å². The van der Waals surface area contributed by atoms with Gasteiger partial charge in [-0.2, -0.15) is 0 Å². The molecule has 1 unspecified atom stereocenters. The quantitative estimate of drug-likeness (QED) is 0.729. The first-order valence-corrected chi connectivity index (χ1v) is 12.1. The fourth-order valence-electron chi connectivity index (χ4n) is 5.34. The van der Waals surface area contributed by atoms with Crippen LogP contribution >= 0.6 is 11.3 Å². The van der Waals surface area contributed by atoms with Crippen LogP contribution in [0, 0.1) is 0 Å². The second-order valence-electron chi connectivity index (χ2n) is 9.10. The molecule has 0 aromatic carbocycles. The highest BCUT2D eigenvalue weighted by Gasteiger charge is 2.44. The van der Waals surface area contributed by atoms with E-state index in [4.69, 9.17) is 4.74 Å². The molecular weight excluding hydrogens is 414 g/mol. The Labute approximate surface area is 186 Å². The highest BCUT2D eigenvalue weighted by atomic mass is 32.1. The van der Waals surface area contributed by atoms with Crippen LogP contribution in [0.5, 0.6) is 0 Å². The lowest BCUT2D eigenvalue weighted by Crippen LogP contribution is -2.50. The molecule has 0 bridgehead atoms. The van der Waals surface area contributed by atoms with Crippen LogP contribution in [0.25, 0.3) is 0 Å². The van der Waals surface area contributed by atoms with Gasteiger partial charge in [0.25, 0.3) is 0 Å². The van der Waals surface area contributed by atoms with E-state index in [2.05, 4.69) is 40.4 Å². The number of amides is 1. The number of fused-ring (bicyclic) bond motifs is 2. The van der Waals surface area contributed by atoms with Crippen LogP contribution in [0.3, 0.4) is 0 Å². The molecule has 3 aliphatic rings.